The topological polar surface area (TPSA) is 140 Å². The SMILES string of the molecule is Cn1nnnc1SC1=C(C(=O)O)N2C(=O)[C@@H](NC(=O)COc3ccccc3)[C@@H]2SC1. The summed E-state index contributed by atoms with van der Waals surface area (Å²) in [7, 11) is 1.64. The van der Waals surface area contributed by atoms with E-state index in [-0.39, 0.29) is 12.3 Å². The molecular weight excluding hydrogens is 432 g/mol. The van der Waals surface area contributed by atoms with Crippen LogP contribution in [0.4, 0.5) is 0 Å². The van der Waals surface area contributed by atoms with Gasteiger partial charge in [0.05, 0.1) is 0 Å². The Balaban J connectivity index is 1.43. The molecule has 156 valence electrons. The van der Waals surface area contributed by atoms with Crippen LogP contribution in [0, 0.1) is 0 Å². The van der Waals surface area contributed by atoms with Crippen molar-refractivity contribution in [3.8, 4) is 5.75 Å². The number of aryl methyl sites for hydroxylation is 1. The van der Waals surface area contributed by atoms with Gasteiger partial charge in [0.2, 0.25) is 5.16 Å². The lowest BCUT2D eigenvalue weighted by molar-refractivity contribution is -0.150. The van der Waals surface area contributed by atoms with Crippen LogP contribution in [0.3, 0.4) is 0 Å². The zero-order valence-electron chi connectivity index (χ0n) is 15.6. The predicted octanol–water partition coefficient (Wildman–Crippen LogP) is 0.0773. The first-order valence-corrected chi connectivity index (χ1v) is 10.6. The third kappa shape index (κ3) is 3.85. The van der Waals surface area contributed by atoms with E-state index >= 15 is 0 Å². The van der Waals surface area contributed by atoms with Gasteiger partial charge in [-0.3, -0.25) is 14.5 Å². The maximum Gasteiger partial charge on any atom is 0.353 e. The van der Waals surface area contributed by atoms with Crippen molar-refractivity contribution in [3.05, 3.63) is 40.9 Å². The van der Waals surface area contributed by atoms with Crippen LogP contribution in [0.15, 0.2) is 46.1 Å². The van der Waals surface area contributed by atoms with E-state index < -0.39 is 29.2 Å². The number of aromatic nitrogens is 4. The molecule has 11 nitrogen and oxygen atoms in total. The van der Waals surface area contributed by atoms with Crippen LogP contribution < -0.4 is 10.1 Å². The third-order valence-corrected chi connectivity index (χ3v) is 6.94. The second-order valence-corrected chi connectivity index (χ2v) is 8.49. The number of carboxylic acids is 1. The highest BCUT2D eigenvalue weighted by atomic mass is 32.2. The minimum absolute atomic E-state index is 0.109. The van der Waals surface area contributed by atoms with E-state index in [4.69, 9.17) is 4.74 Å². The van der Waals surface area contributed by atoms with Gasteiger partial charge in [-0.05, 0) is 34.3 Å². The largest absolute Gasteiger partial charge is 0.484 e. The molecule has 2 atom stereocenters. The molecular formula is C17H16N6O5S2. The van der Waals surface area contributed by atoms with Gasteiger partial charge >= 0.3 is 5.97 Å². The summed E-state index contributed by atoms with van der Waals surface area (Å²) in [5.74, 6) is -1.27. The normalized spacial score (nSPS) is 20.4. The molecule has 0 aliphatic carbocycles. The number of β-lactam (4-membered cyclic amide) rings is 1. The van der Waals surface area contributed by atoms with Gasteiger partial charge in [0.25, 0.3) is 11.8 Å². The van der Waals surface area contributed by atoms with Crippen molar-refractivity contribution in [2.45, 2.75) is 16.6 Å². The average Bonchev–Trinajstić information content (AvgIpc) is 3.15. The molecule has 2 N–H and O–H groups in total. The van der Waals surface area contributed by atoms with Crippen molar-refractivity contribution >= 4 is 41.3 Å². The molecule has 0 bridgehead atoms. The number of carbonyl (C=O) groups is 3. The summed E-state index contributed by atoms with van der Waals surface area (Å²) in [6.45, 7) is -0.243. The second kappa shape index (κ2) is 8.36. The highest BCUT2D eigenvalue weighted by molar-refractivity contribution is 8.06. The van der Waals surface area contributed by atoms with Gasteiger partial charge in [-0.2, -0.15) is 0 Å². The van der Waals surface area contributed by atoms with E-state index in [1.165, 1.54) is 21.3 Å². The molecule has 2 aliphatic rings. The first kappa shape index (κ1) is 20.2. The van der Waals surface area contributed by atoms with Crippen LogP contribution in [0.5, 0.6) is 5.75 Å². The number of aliphatic carboxylic acids is 1. The number of tetrazole rings is 1. The fourth-order valence-electron chi connectivity index (χ4n) is 2.97. The Kier molecular flexibility index (Phi) is 5.63. The van der Waals surface area contributed by atoms with Crippen LogP contribution in [-0.2, 0) is 21.4 Å². The molecule has 2 aromatic rings. The van der Waals surface area contributed by atoms with Crippen molar-refractivity contribution in [2.24, 2.45) is 7.05 Å². The molecule has 1 fully saturated rings. The first-order chi connectivity index (χ1) is 14.5. The second-order valence-electron chi connectivity index (χ2n) is 6.32. The monoisotopic (exact) mass is 448 g/mol. The van der Waals surface area contributed by atoms with Crippen molar-refractivity contribution in [1.29, 1.82) is 0 Å². The number of rotatable bonds is 7. The Morgan fingerprint density at radius 1 is 1.37 bits per heavy atom. The standard InChI is InChI=1S/C17H16N6O5S2/c1-22-17(19-20-21-22)30-10-8-29-15-12(14(25)23(15)13(10)16(26)27)18-11(24)7-28-9-5-3-2-4-6-9/h2-6,12,15H,7-8H2,1H3,(H,18,24)(H,26,27)/t12-,15+/m1/s1. The zero-order valence-corrected chi connectivity index (χ0v) is 17.2. The van der Waals surface area contributed by atoms with Gasteiger partial charge in [-0.25, -0.2) is 9.48 Å². The number of nitrogens with zero attached hydrogens (tertiary/aromatic N) is 5. The summed E-state index contributed by atoms with van der Waals surface area (Å²) in [5, 5.41) is 23.3. The molecule has 0 spiro atoms. The maximum atomic E-state index is 12.6. The van der Waals surface area contributed by atoms with Crippen LogP contribution in [0.1, 0.15) is 0 Å². The Morgan fingerprint density at radius 2 is 2.13 bits per heavy atom. The highest BCUT2D eigenvalue weighted by Gasteiger charge is 2.54. The van der Waals surface area contributed by atoms with E-state index in [0.717, 1.165) is 11.8 Å². The lowest BCUT2D eigenvalue weighted by atomic mass is 10.1. The van der Waals surface area contributed by atoms with Crippen molar-refractivity contribution in [3.63, 3.8) is 0 Å². The summed E-state index contributed by atoms with van der Waals surface area (Å²) >= 11 is 2.47. The number of hydrogen-bond donors (Lipinski definition) is 2. The smallest absolute Gasteiger partial charge is 0.353 e. The number of thioether (sulfide) groups is 2. The predicted molar refractivity (Wildman–Crippen MR) is 106 cm³/mol. The quantitative estimate of drug-likeness (QED) is 0.560. The summed E-state index contributed by atoms with van der Waals surface area (Å²) < 4.78 is 6.80. The van der Waals surface area contributed by atoms with Gasteiger partial charge in [-0.1, -0.05) is 18.2 Å². The molecule has 0 radical (unpaired) electrons. The summed E-state index contributed by atoms with van der Waals surface area (Å²) in [6.07, 6.45) is 0. The van der Waals surface area contributed by atoms with E-state index in [2.05, 4.69) is 20.8 Å². The van der Waals surface area contributed by atoms with Gasteiger partial charge < -0.3 is 15.2 Å². The van der Waals surface area contributed by atoms with Gasteiger partial charge in [0.1, 0.15) is 22.9 Å². The van der Waals surface area contributed by atoms with Crippen molar-refractivity contribution < 1.29 is 24.2 Å². The molecule has 3 heterocycles. The molecule has 1 aromatic heterocycles. The third-order valence-electron chi connectivity index (χ3n) is 4.36. The number of carboxylic acid groups (broad SMARTS) is 1. The maximum absolute atomic E-state index is 12.6. The molecule has 30 heavy (non-hydrogen) atoms. The van der Waals surface area contributed by atoms with E-state index in [1.807, 2.05) is 6.07 Å². The number of ether oxygens (including phenoxy) is 1. The molecule has 1 aromatic carbocycles. The fraction of sp³-hybridized carbons (Fsp3) is 0.294. The number of para-hydroxylation sites is 1. The van der Waals surface area contributed by atoms with E-state index in [9.17, 15) is 19.5 Å². The Labute approximate surface area is 178 Å². The molecule has 13 heteroatoms. The van der Waals surface area contributed by atoms with Gasteiger partial charge in [0.15, 0.2) is 6.61 Å². The zero-order chi connectivity index (χ0) is 21.3. The first-order valence-electron chi connectivity index (χ1n) is 8.74. The van der Waals surface area contributed by atoms with Crippen LogP contribution in [0.25, 0.3) is 0 Å². The number of nitrogens with one attached hydrogen (secondary N) is 1. The minimum atomic E-state index is -1.22. The Hall–Kier alpha value is -3.06. The van der Waals surface area contributed by atoms with E-state index in [1.54, 1.807) is 31.3 Å². The summed E-state index contributed by atoms with van der Waals surface area (Å²) in [5.41, 5.74) is -0.109. The van der Waals surface area contributed by atoms with Gasteiger partial charge in [0, 0.05) is 17.7 Å². The Morgan fingerprint density at radius 3 is 2.80 bits per heavy atom. The fourth-order valence-corrected chi connectivity index (χ4v) is 5.35. The average molecular weight is 448 g/mol. The van der Waals surface area contributed by atoms with Crippen LogP contribution in [-0.4, -0.2) is 71.8 Å². The van der Waals surface area contributed by atoms with Gasteiger partial charge in [-0.15, -0.1) is 16.9 Å². The van der Waals surface area contributed by atoms with Crippen LogP contribution in [0.2, 0.25) is 0 Å². The summed E-state index contributed by atoms with van der Waals surface area (Å²) in [6, 6.07) is 8.03. The number of carbonyl (C=O) groups excluding carboxylic acids is 2. The highest BCUT2D eigenvalue weighted by Crippen LogP contribution is 2.44. The number of fused-ring (bicyclic) bond motifs is 1. The summed E-state index contributed by atoms with van der Waals surface area (Å²) in [4.78, 5) is 38.4. The molecule has 1 saturated heterocycles. The lowest BCUT2D eigenvalue weighted by Gasteiger charge is -2.49. The van der Waals surface area contributed by atoms with Crippen molar-refractivity contribution in [2.75, 3.05) is 12.4 Å². The number of benzene rings is 1. The van der Waals surface area contributed by atoms with Crippen LogP contribution >= 0.6 is 23.5 Å². The molecule has 2 amide bonds. The van der Waals surface area contributed by atoms with E-state index in [0.29, 0.717) is 21.6 Å². The van der Waals surface area contributed by atoms with Crippen molar-refractivity contribution in [1.82, 2.24) is 30.4 Å². The minimum Gasteiger partial charge on any atom is -0.484 e. The lowest BCUT2D eigenvalue weighted by Crippen LogP contribution is -2.70. The molecule has 0 saturated carbocycles. The Bertz CT molecular complexity index is 1030. The molecule has 0 unspecified atom stereocenters. The number of amides is 2. The molecule has 2 aliphatic heterocycles. The number of hydrogen-bond acceptors (Lipinski definition) is 9. The molecule has 4 rings (SSSR count).